The molecule has 3 aromatic rings. The maximum absolute atomic E-state index is 6.30. The quantitative estimate of drug-likeness (QED) is 0.643. The second-order valence-corrected chi connectivity index (χ2v) is 6.49. The lowest BCUT2D eigenvalue weighted by atomic mass is 10.2. The van der Waals surface area contributed by atoms with Crippen LogP contribution in [0.25, 0.3) is 16.7 Å². The molecule has 0 aliphatic carbocycles. The Labute approximate surface area is 165 Å². The minimum Gasteiger partial charge on any atom is -0.495 e. The van der Waals surface area contributed by atoms with Crippen LogP contribution in [0.5, 0.6) is 5.75 Å². The van der Waals surface area contributed by atoms with Gasteiger partial charge >= 0.3 is 0 Å². The number of hydrogen-bond donors (Lipinski definition) is 0. The van der Waals surface area contributed by atoms with Crippen LogP contribution in [0.2, 0.25) is 5.02 Å². The van der Waals surface area contributed by atoms with E-state index in [0.717, 1.165) is 48.8 Å². The number of halogens is 1. The molecular formula is C21H26ClN3O2. The number of imidazole rings is 1. The summed E-state index contributed by atoms with van der Waals surface area (Å²) >= 11 is 6.30. The Morgan fingerprint density at radius 2 is 1.74 bits per heavy atom. The van der Waals surface area contributed by atoms with Crippen molar-refractivity contribution in [1.82, 2.24) is 9.55 Å². The molecule has 5 nitrogen and oxygen atoms in total. The van der Waals surface area contributed by atoms with Crippen LogP contribution in [0.15, 0.2) is 36.4 Å². The monoisotopic (exact) mass is 387 g/mol. The van der Waals surface area contributed by atoms with Crippen LogP contribution >= 0.6 is 11.6 Å². The molecule has 1 aliphatic rings. The number of aryl methyl sites for hydroxylation is 1. The molecule has 2 aromatic carbocycles. The summed E-state index contributed by atoms with van der Waals surface area (Å²) in [5.41, 5.74) is 4.21. The van der Waals surface area contributed by atoms with Gasteiger partial charge in [-0.2, -0.15) is 0 Å². The van der Waals surface area contributed by atoms with Crippen LogP contribution in [-0.4, -0.2) is 43.0 Å². The first-order valence-electron chi connectivity index (χ1n) is 9.33. The fourth-order valence-corrected chi connectivity index (χ4v) is 3.58. The third kappa shape index (κ3) is 3.89. The Hall–Kier alpha value is -2.24. The molecule has 1 aliphatic heterocycles. The molecule has 27 heavy (non-hydrogen) atoms. The summed E-state index contributed by atoms with van der Waals surface area (Å²) < 4.78 is 12.8. The van der Waals surface area contributed by atoms with E-state index in [2.05, 4.69) is 27.7 Å². The Morgan fingerprint density at radius 1 is 1.04 bits per heavy atom. The summed E-state index contributed by atoms with van der Waals surface area (Å²) in [5, 5.41) is 0.589. The molecule has 0 spiro atoms. The number of rotatable bonds is 3. The predicted octanol–water partition coefficient (Wildman–Crippen LogP) is 4.86. The summed E-state index contributed by atoms with van der Waals surface area (Å²) in [7, 11) is 1.62. The third-order valence-electron chi connectivity index (χ3n) is 4.58. The van der Waals surface area contributed by atoms with Crippen LogP contribution in [0.1, 0.15) is 19.7 Å². The second-order valence-electron chi connectivity index (χ2n) is 6.09. The number of anilines is 1. The minimum atomic E-state index is 0.589. The van der Waals surface area contributed by atoms with Gasteiger partial charge in [0.2, 0.25) is 0 Å². The zero-order chi connectivity index (χ0) is 19.4. The molecule has 6 heteroatoms. The average molecular weight is 388 g/mol. The maximum atomic E-state index is 6.30. The lowest BCUT2D eigenvalue weighted by molar-refractivity contribution is 0.122. The molecule has 0 radical (unpaired) electrons. The number of fused-ring (bicyclic) bond motifs is 1. The molecule has 4 rings (SSSR count). The number of aromatic nitrogens is 2. The highest BCUT2D eigenvalue weighted by Crippen LogP contribution is 2.30. The average Bonchev–Trinajstić information content (AvgIpc) is 3.05. The van der Waals surface area contributed by atoms with E-state index in [1.54, 1.807) is 7.11 Å². The van der Waals surface area contributed by atoms with E-state index in [9.17, 15) is 0 Å². The SMILES string of the molecule is CC.COc1ccc(-n2c(C)nc3cc(N4CCOCC4)ccc32)cc1Cl. The van der Waals surface area contributed by atoms with E-state index >= 15 is 0 Å². The second kappa shape index (κ2) is 8.63. The molecule has 0 unspecified atom stereocenters. The molecule has 144 valence electrons. The van der Waals surface area contributed by atoms with Gasteiger partial charge in [0.05, 0.1) is 36.4 Å². The lowest BCUT2D eigenvalue weighted by Crippen LogP contribution is -2.36. The van der Waals surface area contributed by atoms with Crippen LogP contribution in [0, 0.1) is 6.92 Å². The lowest BCUT2D eigenvalue weighted by Gasteiger charge is -2.28. The van der Waals surface area contributed by atoms with Crippen molar-refractivity contribution in [2.24, 2.45) is 0 Å². The standard InChI is InChI=1S/C19H20ClN3O2.C2H6/c1-13-21-17-12-14(22-7-9-25-10-8-22)3-5-18(17)23(13)15-4-6-19(24-2)16(20)11-15;1-2/h3-6,11-12H,7-10H2,1-2H3;1-2H3. The summed E-state index contributed by atoms with van der Waals surface area (Å²) in [6.45, 7) is 9.39. The maximum Gasteiger partial charge on any atom is 0.137 e. The van der Waals surface area contributed by atoms with Crippen molar-refractivity contribution in [3.05, 3.63) is 47.2 Å². The first-order valence-corrected chi connectivity index (χ1v) is 9.71. The summed E-state index contributed by atoms with van der Waals surface area (Å²) in [6.07, 6.45) is 0. The van der Waals surface area contributed by atoms with Crippen LogP contribution < -0.4 is 9.64 Å². The van der Waals surface area contributed by atoms with Gasteiger partial charge in [-0.25, -0.2) is 4.98 Å². The van der Waals surface area contributed by atoms with E-state index in [1.807, 2.05) is 39.0 Å². The van der Waals surface area contributed by atoms with Crippen molar-refractivity contribution < 1.29 is 9.47 Å². The van der Waals surface area contributed by atoms with Gasteiger partial charge < -0.3 is 14.4 Å². The fourth-order valence-electron chi connectivity index (χ4n) is 3.33. The fraction of sp³-hybridized carbons (Fsp3) is 0.381. The first kappa shape index (κ1) is 19.5. The van der Waals surface area contributed by atoms with Gasteiger partial charge in [-0.15, -0.1) is 0 Å². The molecule has 1 fully saturated rings. The molecule has 1 saturated heterocycles. The van der Waals surface area contributed by atoms with Gasteiger partial charge in [0.15, 0.2) is 0 Å². The van der Waals surface area contributed by atoms with Gasteiger partial charge in [0.25, 0.3) is 0 Å². The third-order valence-corrected chi connectivity index (χ3v) is 4.87. The Balaban J connectivity index is 0.00000102. The predicted molar refractivity (Wildman–Crippen MR) is 112 cm³/mol. The van der Waals surface area contributed by atoms with E-state index in [0.29, 0.717) is 10.8 Å². The molecule has 0 N–H and O–H groups in total. The van der Waals surface area contributed by atoms with E-state index in [4.69, 9.17) is 26.1 Å². The molecule has 0 bridgehead atoms. The smallest absolute Gasteiger partial charge is 0.137 e. The molecule has 0 saturated carbocycles. The molecule has 0 amide bonds. The summed E-state index contributed by atoms with van der Waals surface area (Å²) in [6, 6.07) is 12.2. The van der Waals surface area contributed by atoms with E-state index in [-0.39, 0.29) is 0 Å². The Kier molecular flexibility index (Phi) is 6.24. The van der Waals surface area contributed by atoms with Crippen molar-refractivity contribution in [1.29, 1.82) is 0 Å². The van der Waals surface area contributed by atoms with Crippen molar-refractivity contribution in [3.63, 3.8) is 0 Å². The Bertz CT molecular complexity index is 917. The largest absolute Gasteiger partial charge is 0.495 e. The molecule has 1 aromatic heterocycles. The first-order chi connectivity index (χ1) is 13.2. The van der Waals surface area contributed by atoms with Gasteiger partial charge in [0, 0.05) is 24.5 Å². The Morgan fingerprint density at radius 3 is 2.41 bits per heavy atom. The van der Waals surface area contributed by atoms with Gasteiger partial charge in [-0.3, -0.25) is 4.57 Å². The highest BCUT2D eigenvalue weighted by Gasteiger charge is 2.15. The zero-order valence-corrected chi connectivity index (χ0v) is 17.1. The van der Waals surface area contributed by atoms with Gasteiger partial charge in [-0.05, 0) is 43.3 Å². The van der Waals surface area contributed by atoms with Crippen molar-refractivity contribution in [2.45, 2.75) is 20.8 Å². The van der Waals surface area contributed by atoms with Crippen molar-refractivity contribution >= 4 is 28.3 Å². The number of benzene rings is 2. The molecule has 2 heterocycles. The van der Waals surface area contributed by atoms with Crippen LogP contribution in [-0.2, 0) is 4.74 Å². The highest BCUT2D eigenvalue weighted by atomic mass is 35.5. The number of morpholine rings is 1. The number of ether oxygens (including phenoxy) is 2. The number of nitrogens with zero attached hydrogens (tertiary/aromatic N) is 3. The van der Waals surface area contributed by atoms with Gasteiger partial charge in [-0.1, -0.05) is 25.4 Å². The van der Waals surface area contributed by atoms with Crippen LogP contribution in [0.3, 0.4) is 0 Å². The summed E-state index contributed by atoms with van der Waals surface area (Å²) in [4.78, 5) is 7.08. The van der Waals surface area contributed by atoms with Crippen molar-refractivity contribution in [2.75, 3.05) is 38.3 Å². The van der Waals surface area contributed by atoms with Crippen LogP contribution in [0.4, 0.5) is 5.69 Å². The molecular weight excluding hydrogens is 362 g/mol. The molecule has 0 atom stereocenters. The number of methoxy groups -OCH3 is 1. The number of hydrogen-bond acceptors (Lipinski definition) is 4. The van der Waals surface area contributed by atoms with E-state index in [1.165, 1.54) is 5.69 Å². The minimum absolute atomic E-state index is 0.589. The van der Waals surface area contributed by atoms with Crippen molar-refractivity contribution in [3.8, 4) is 11.4 Å². The zero-order valence-electron chi connectivity index (χ0n) is 16.3. The topological polar surface area (TPSA) is 39.5 Å². The normalized spacial score (nSPS) is 14.0. The van der Waals surface area contributed by atoms with Gasteiger partial charge in [0.1, 0.15) is 11.6 Å². The van der Waals surface area contributed by atoms with E-state index < -0.39 is 0 Å². The summed E-state index contributed by atoms with van der Waals surface area (Å²) in [5.74, 6) is 1.59. The highest BCUT2D eigenvalue weighted by molar-refractivity contribution is 6.32.